The molecule has 1 aromatic carbocycles. The fourth-order valence-electron chi connectivity index (χ4n) is 3.00. The summed E-state index contributed by atoms with van der Waals surface area (Å²) in [7, 11) is 0. The molecule has 5 nitrogen and oxygen atoms in total. The van der Waals surface area contributed by atoms with E-state index in [0.717, 1.165) is 6.42 Å². The molecule has 3 rings (SSSR count). The van der Waals surface area contributed by atoms with Crippen LogP contribution in [0.2, 0.25) is 0 Å². The van der Waals surface area contributed by atoms with Crippen molar-refractivity contribution in [2.75, 3.05) is 38.0 Å². The molecule has 23 heavy (non-hydrogen) atoms. The molecule has 1 aliphatic heterocycles. The minimum atomic E-state index is -0.371. The summed E-state index contributed by atoms with van der Waals surface area (Å²) in [6, 6.07) is 5.86. The predicted molar refractivity (Wildman–Crippen MR) is 85.3 cm³/mol. The fourth-order valence-corrected chi connectivity index (χ4v) is 3.00. The lowest BCUT2D eigenvalue weighted by Gasteiger charge is -2.34. The molecule has 2 fully saturated rings. The van der Waals surface area contributed by atoms with Crippen molar-refractivity contribution in [2.24, 2.45) is 11.8 Å². The van der Waals surface area contributed by atoms with E-state index in [1.807, 2.05) is 9.80 Å². The SMILES string of the molecule is CC1CC1C(=O)N1CCN(CC(=O)Nc2cccc(F)c2)CC1. The van der Waals surface area contributed by atoms with Crippen molar-refractivity contribution >= 4 is 17.5 Å². The summed E-state index contributed by atoms with van der Waals surface area (Å²) in [5, 5.41) is 2.70. The number of amides is 2. The topological polar surface area (TPSA) is 52.7 Å². The monoisotopic (exact) mass is 319 g/mol. The molecule has 6 heteroatoms. The normalized spacial score (nSPS) is 24.3. The number of benzene rings is 1. The van der Waals surface area contributed by atoms with Crippen molar-refractivity contribution in [3.63, 3.8) is 0 Å². The Morgan fingerprint density at radius 3 is 2.57 bits per heavy atom. The Kier molecular flexibility index (Phi) is 4.61. The molecule has 1 N–H and O–H groups in total. The molecule has 1 aliphatic carbocycles. The zero-order valence-corrected chi connectivity index (χ0v) is 13.3. The quantitative estimate of drug-likeness (QED) is 0.916. The van der Waals surface area contributed by atoms with Gasteiger partial charge >= 0.3 is 0 Å². The summed E-state index contributed by atoms with van der Waals surface area (Å²) in [6.45, 7) is 5.12. The van der Waals surface area contributed by atoms with Crippen molar-refractivity contribution < 1.29 is 14.0 Å². The Hall–Kier alpha value is -1.95. The minimum Gasteiger partial charge on any atom is -0.340 e. The summed E-state index contributed by atoms with van der Waals surface area (Å²) >= 11 is 0. The number of nitrogens with one attached hydrogen (secondary N) is 1. The second-order valence-corrected chi connectivity index (χ2v) is 6.48. The number of hydrogen-bond acceptors (Lipinski definition) is 3. The van der Waals surface area contributed by atoms with Gasteiger partial charge in [0.2, 0.25) is 11.8 Å². The van der Waals surface area contributed by atoms with Crippen LogP contribution in [0.3, 0.4) is 0 Å². The number of halogens is 1. The van der Waals surface area contributed by atoms with Gasteiger partial charge in [-0.25, -0.2) is 4.39 Å². The second-order valence-electron chi connectivity index (χ2n) is 6.48. The summed E-state index contributed by atoms with van der Waals surface area (Å²) in [4.78, 5) is 28.1. The zero-order valence-electron chi connectivity index (χ0n) is 13.3. The first kappa shape index (κ1) is 15.9. The number of nitrogens with zero attached hydrogens (tertiary/aromatic N) is 2. The molecule has 2 amide bonds. The number of piperazine rings is 1. The molecule has 0 radical (unpaired) electrons. The maximum absolute atomic E-state index is 13.1. The first-order valence-corrected chi connectivity index (χ1v) is 8.09. The highest BCUT2D eigenvalue weighted by Gasteiger charge is 2.41. The van der Waals surface area contributed by atoms with Crippen LogP contribution in [0.4, 0.5) is 10.1 Å². The third kappa shape index (κ3) is 4.07. The van der Waals surface area contributed by atoms with Crippen molar-refractivity contribution in [2.45, 2.75) is 13.3 Å². The van der Waals surface area contributed by atoms with Crippen LogP contribution in [0.5, 0.6) is 0 Å². The molecule has 0 aromatic heterocycles. The van der Waals surface area contributed by atoms with E-state index in [1.165, 1.54) is 12.1 Å². The average Bonchev–Trinajstić information content (AvgIpc) is 3.24. The van der Waals surface area contributed by atoms with Crippen LogP contribution in [0.25, 0.3) is 0 Å². The third-order valence-corrected chi connectivity index (χ3v) is 4.59. The van der Waals surface area contributed by atoms with Gasteiger partial charge in [0.05, 0.1) is 6.54 Å². The zero-order chi connectivity index (χ0) is 16.4. The lowest BCUT2D eigenvalue weighted by Crippen LogP contribution is -2.51. The Bertz CT molecular complexity index is 599. The van der Waals surface area contributed by atoms with Gasteiger partial charge in [-0.05, 0) is 30.5 Å². The van der Waals surface area contributed by atoms with Crippen LogP contribution < -0.4 is 5.32 Å². The fraction of sp³-hybridized carbons (Fsp3) is 0.529. The van der Waals surface area contributed by atoms with Gasteiger partial charge in [-0.15, -0.1) is 0 Å². The molecule has 1 aromatic rings. The molecule has 2 unspecified atom stereocenters. The van der Waals surface area contributed by atoms with Gasteiger partial charge in [-0.1, -0.05) is 13.0 Å². The van der Waals surface area contributed by atoms with Gasteiger partial charge in [0.15, 0.2) is 0 Å². The standard InChI is InChI=1S/C17H22FN3O2/c1-12-9-15(12)17(23)21-7-5-20(6-8-21)11-16(22)19-14-4-2-3-13(18)10-14/h2-4,10,12,15H,5-9,11H2,1H3,(H,19,22). The van der Waals surface area contributed by atoms with Gasteiger partial charge in [0.1, 0.15) is 5.82 Å². The number of rotatable bonds is 4. The Balaban J connectivity index is 1.43. The van der Waals surface area contributed by atoms with Crippen LogP contribution in [0.15, 0.2) is 24.3 Å². The highest BCUT2D eigenvalue weighted by Crippen LogP contribution is 2.39. The summed E-state index contributed by atoms with van der Waals surface area (Å²) < 4.78 is 13.1. The van der Waals surface area contributed by atoms with Gasteiger partial charge in [-0.2, -0.15) is 0 Å². The highest BCUT2D eigenvalue weighted by atomic mass is 19.1. The Morgan fingerprint density at radius 1 is 1.26 bits per heavy atom. The van der Waals surface area contributed by atoms with Crippen LogP contribution >= 0.6 is 0 Å². The van der Waals surface area contributed by atoms with E-state index in [9.17, 15) is 14.0 Å². The smallest absolute Gasteiger partial charge is 0.238 e. The first-order valence-electron chi connectivity index (χ1n) is 8.09. The van der Waals surface area contributed by atoms with E-state index in [1.54, 1.807) is 12.1 Å². The molecular weight excluding hydrogens is 297 g/mol. The predicted octanol–water partition coefficient (Wildman–Crippen LogP) is 1.56. The molecular formula is C17H22FN3O2. The van der Waals surface area contributed by atoms with E-state index >= 15 is 0 Å². The van der Waals surface area contributed by atoms with E-state index in [0.29, 0.717) is 37.8 Å². The summed E-state index contributed by atoms with van der Waals surface area (Å²) in [5.41, 5.74) is 0.464. The molecule has 0 spiro atoms. The molecule has 2 atom stereocenters. The van der Waals surface area contributed by atoms with Crippen molar-refractivity contribution in [3.05, 3.63) is 30.1 Å². The minimum absolute atomic E-state index is 0.161. The molecule has 124 valence electrons. The lowest BCUT2D eigenvalue weighted by atomic mass is 10.2. The number of carbonyl (C=O) groups is 2. The number of carbonyl (C=O) groups excluding carboxylic acids is 2. The maximum Gasteiger partial charge on any atom is 0.238 e. The second kappa shape index (κ2) is 6.66. The summed E-state index contributed by atoms with van der Waals surface area (Å²) in [6.07, 6.45) is 1.01. The van der Waals surface area contributed by atoms with E-state index in [2.05, 4.69) is 12.2 Å². The van der Waals surface area contributed by atoms with Crippen LogP contribution in [-0.2, 0) is 9.59 Å². The average molecular weight is 319 g/mol. The number of anilines is 1. The number of hydrogen-bond donors (Lipinski definition) is 1. The maximum atomic E-state index is 13.1. The van der Waals surface area contributed by atoms with Crippen molar-refractivity contribution in [3.8, 4) is 0 Å². The van der Waals surface area contributed by atoms with E-state index < -0.39 is 0 Å². The Labute approximate surface area is 135 Å². The largest absolute Gasteiger partial charge is 0.340 e. The van der Waals surface area contributed by atoms with Gasteiger partial charge in [-0.3, -0.25) is 14.5 Å². The molecule has 0 bridgehead atoms. The van der Waals surface area contributed by atoms with E-state index in [-0.39, 0.29) is 30.1 Å². The highest BCUT2D eigenvalue weighted by molar-refractivity contribution is 5.92. The lowest BCUT2D eigenvalue weighted by molar-refractivity contribution is -0.134. The Morgan fingerprint density at radius 2 is 1.96 bits per heavy atom. The first-order chi connectivity index (χ1) is 11.0. The molecule has 1 saturated heterocycles. The van der Waals surface area contributed by atoms with Crippen LogP contribution in [0, 0.1) is 17.7 Å². The molecule has 2 aliphatic rings. The van der Waals surface area contributed by atoms with Crippen LogP contribution in [-0.4, -0.2) is 54.3 Å². The van der Waals surface area contributed by atoms with Crippen molar-refractivity contribution in [1.82, 2.24) is 9.80 Å². The molecule has 1 saturated carbocycles. The third-order valence-electron chi connectivity index (χ3n) is 4.59. The molecule has 1 heterocycles. The van der Waals surface area contributed by atoms with Gasteiger partial charge in [0.25, 0.3) is 0 Å². The summed E-state index contributed by atoms with van der Waals surface area (Å²) in [5.74, 6) is 0.479. The van der Waals surface area contributed by atoms with Gasteiger partial charge < -0.3 is 10.2 Å². The van der Waals surface area contributed by atoms with Gasteiger partial charge in [0, 0.05) is 37.8 Å². The van der Waals surface area contributed by atoms with Crippen molar-refractivity contribution in [1.29, 1.82) is 0 Å². The van der Waals surface area contributed by atoms with E-state index in [4.69, 9.17) is 0 Å². The van der Waals surface area contributed by atoms with Crippen LogP contribution in [0.1, 0.15) is 13.3 Å².